The Morgan fingerprint density at radius 3 is 2.04 bits per heavy atom. The molecule has 3 atom stereocenters. The number of carbonyl (C=O) groups is 6. The summed E-state index contributed by atoms with van der Waals surface area (Å²) in [7, 11) is 0. The molecule has 7 N–H and O–H groups in total. The van der Waals surface area contributed by atoms with E-state index in [2.05, 4.69) is 5.32 Å². The Bertz CT molecular complexity index is 580. The van der Waals surface area contributed by atoms with Gasteiger partial charge in [-0.3, -0.25) is 33.7 Å². The van der Waals surface area contributed by atoms with Gasteiger partial charge in [0.2, 0.25) is 11.8 Å². The van der Waals surface area contributed by atoms with Gasteiger partial charge in [0.1, 0.15) is 0 Å². The van der Waals surface area contributed by atoms with E-state index in [1.165, 1.54) is 0 Å². The summed E-state index contributed by atoms with van der Waals surface area (Å²) in [6.07, 6.45) is -1.48. The molecule has 1 aliphatic rings. The third-order valence-corrected chi connectivity index (χ3v) is 3.72. The molecule has 12 nitrogen and oxygen atoms in total. The first-order chi connectivity index (χ1) is 12.1. The molecule has 1 aliphatic heterocycles. The van der Waals surface area contributed by atoms with Crippen molar-refractivity contribution in [2.24, 2.45) is 11.5 Å². The second kappa shape index (κ2) is 9.01. The van der Waals surface area contributed by atoms with Crippen LogP contribution in [-0.4, -0.2) is 75.2 Å². The predicted molar refractivity (Wildman–Crippen MR) is 83.3 cm³/mol. The zero-order valence-corrected chi connectivity index (χ0v) is 13.7. The third-order valence-electron chi connectivity index (χ3n) is 3.72. The minimum Gasteiger partial charge on any atom is -0.481 e. The fourth-order valence-corrected chi connectivity index (χ4v) is 2.32. The molecule has 0 aromatic carbocycles. The van der Waals surface area contributed by atoms with E-state index in [1.807, 2.05) is 0 Å². The van der Waals surface area contributed by atoms with Gasteiger partial charge in [-0.1, -0.05) is 0 Å². The van der Waals surface area contributed by atoms with E-state index in [-0.39, 0.29) is 12.8 Å². The molecule has 0 radical (unpaired) electrons. The molecule has 0 bridgehead atoms. The number of nitrogens with one attached hydrogen (secondary N) is 1. The van der Waals surface area contributed by atoms with Gasteiger partial charge in [-0.25, -0.2) is 0 Å². The maximum Gasteiger partial charge on any atom is 0.303 e. The number of carbonyl (C=O) groups excluding carboxylic acids is 4. The Labute approximate surface area is 147 Å². The Hall–Kier alpha value is -2.86. The van der Waals surface area contributed by atoms with Crippen molar-refractivity contribution in [1.29, 1.82) is 0 Å². The van der Waals surface area contributed by atoms with Gasteiger partial charge in [0, 0.05) is 12.8 Å². The third kappa shape index (κ3) is 5.32. The van der Waals surface area contributed by atoms with Crippen LogP contribution in [0.4, 0.5) is 0 Å². The summed E-state index contributed by atoms with van der Waals surface area (Å²) in [5.74, 6) is -6.34. The van der Waals surface area contributed by atoms with Crippen LogP contribution in [0.5, 0.6) is 0 Å². The molecule has 0 spiro atoms. The molecule has 0 saturated carbocycles. The Balaban J connectivity index is 3.00. The van der Waals surface area contributed by atoms with E-state index >= 15 is 0 Å². The molecule has 3 unspecified atom stereocenters. The Kier molecular flexibility index (Phi) is 7.34. The number of aliphatic carboxylic acids is 2. The maximum absolute atomic E-state index is 12.4. The van der Waals surface area contributed by atoms with E-state index in [0.717, 1.165) is 0 Å². The van der Waals surface area contributed by atoms with Crippen LogP contribution >= 0.6 is 0 Å². The van der Waals surface area contributed by atoms with Gasteiger partial charge >= 0.3 is 11.9 Å². The Morgan fingerprint density at radius 2 is 1.54 bits per heavy atom. The van der Waals surface area contributed by atoms with Crippen molar-refractivity contribution >= 4 is 35.4 Å². The van der Waals surface area contributed by atoms with Crippen LogP contribution in [0.15, 0.2) is 0 Å². The molecule has 1 saturated heterocycles. The van der Waals surface area contributed by atoms with Gasteiger partial charge in [0.25, 0.3) is 5.91 Å². The van der Waals surface area contributed by atoms with Crippen LogP contribution in [0.25, 0.3) is 0 Å². The number of Topliss-reactive ketones (excluding diaryl/α,β-unsaturated/α-hetero) is 1. The minimum absolute atomic E-state index is 0.292. The first kappa shape index (κ1) is 21.2. The van der Waals surface area contributed by atoms with Gasteiger partial charge < -0.3 is 27.0 Å². The number of rotatable bonds is 9. The summed E-state index contributed by atoms with van der Waals surface area (Å²) in [5.41, 5.74) is 11.2. The number of carboxylic acid groups (broad SMARTS) is 2. The lowest BCUT2D eigenvalue weighted by Crippen LogP contribution is -2.67. The van der Waals surface area contributed by atoms with E-state index in [0.29, 0.717) is 4.90 Å². The summed E-state index contributed by atoms with van der Waals surface area (Å²) in [4.78, 5) is 70.4. The number of nitrogens with zero attached hydrogens (tertiary/aromatic N) is 1. The summed E-state index contributed by atoms with van der Waals surface area (Å²) in [5, 5.41) is 19.4. The number of hydrogen-bond donors (Lipinski definition) is 5. The molecule has 0 aliphatic carbocycles. The molecule has 0 aromatic rings. The maximum atomic E-state index is 12.4. The molecule has 3 amide bonds. The lowest BCUT2D eigenvalue weighted by atomic mass is 9.97. The van der Waals surface area contributed by atoms with Crippen molar-refractivity contribution in [3.05, 3.63) is 0 Å². The predicted octanol–water partition coefficient (Wildman–Crippen LogP) is -3.21. The minimum atomic E-state index is -1.87. The van der Waals surface area contributed by atoms with E-state index < -0.39 is 73.0 Å². The topological polar surface area (TPSA) is 210 Å². The highest BCUT2D eigenvalue weighted by atomic mass is 16.4. The second-order valence-corrected chi connectivity index (χ2v) is 5.70. The first-order valence-corrected chi connectivity index (χ1v) is 7.68. The molecular formula is C14H20N4O8. The molecule has 144 valence electrons. The average Bonchev–Trinajstić information content (AvgIpc) is 2.57. The number of hydrogen-bond acceptors (Lipinski definition) is 8. The van der Waals surface area contributed by atoms with Crippen LogP contribution < -0.4 is 16.8 Å². The van der Waals surface area contributed by atoms with Gasteiger partial charge in [0.05, 0.1) is 18.6 Å². The van der Waals surface area contributed by atoms with E-state index in [9.17, 15) is 28.8 Å². The first-order valence-electron chi connectivity index (χ1n) is 7.68. The normalized spacial score (nSPS) is 19.5. The molecule has 0 aromatic heterocycles. The van der Waals surface area contributed by atoms with Crippen LogP contribution in [0.1, 0.15) is 25.7 Å². The fourth-order valence-electron chi connectivity index (χ4n) is 2.32. The number of nitrogens with two attached hydrogens (primary N) is 2. The highest BCUT2D eigenvalue weighted by molar-refractivity contribution is 6.17. The average molecular weight is 372 g/mol. The molecule has 1 heterocycles. The smallest absolute Gasteiger partial charge is 0.303 e. The number of carboxylic acids is 2. The quantitative estimate of drug-likeness (QED) is 0.256. The van der Waals surface area contributed by atoms with Crippen molar-refractivity contribution in [2.45, 2.75) is 43.8 Å². The number of amides is 3. The molecule has 1 rings (SSSR count). The summed E-state index contributed by atoms with van der Waals surface area (Å²) in [6.45, 7) is -0.537. The highest BCUT2D eigenvalue weighted by Gasteiger charge is 2.45. The van der Waals surface area contributed by atoms with Gasteiger partial charge in [0.15, 0.2) is 11.8 Å². The number of piperazine rings is 1. The summed E-state index contributed by atoms with van der Waals surface area (Å²) >= 11 is 0. The standard InChI is InChI=1S/C14H20N4O8/c15-6(1-3-9(20)21)12(24)11-13(25)17-5-8(19)18(11)14(26)7(16)2-4-10(22)23/h6-7,11H,1-5,15-16H2,(H,17,25)(H,20,21)(H,22,23). The zero-order valence-electron chi connectivity index (χ0n) is 13.7. The van der Waals surface area contributed by atoms with Crippen molar-refractivity contribution in [2.75, 3.05) is 6.54 Å². The van der Waals surface area contributed by atoms with Gasteiger partial charge in [-0.05, 0) is 12.8 Å². The van der Waals surface area contributed by atoms with Crippen LogP contribution in [0, 0.1) is 0 Å². The van der Waals surface area contributed by atoms with Crippen LogP contribution in [0.3, 0.4) is 0 Å². The molecular weight excluding hydrogens is 352 g/mol. The summed E-state index contributed by atoms with van der Waals surface area (Å²) < 4.78 is 0. The number of ketones is 1. The lowest BCUT2D eigenvalue weighted by Gasteiger charge is -2.34. The van der Waals surface area contributed by atoms with Crippen molar-refractivity contribution in [3.63, 3.8) is 0 Å². The molecule has 26 heavy (non-hydrogen) atoms. The Morgan fingerprint density at radius 1 is 1.04 bits per heavy atom. The fraction of sp³-hybridized carbons (Fsp3) is 0.571. The van der Waals surface area contributed by atoms with Crippen molar-refractivity contribution < 1.29 is 39.0 Å². The van der Waals surface area contributed by atoms with Crippen molar-refractivity contribution in [1.82, 2.24) is 10.2 Å². The van der Waals surface area contributed by atoms with E-state index in [1.54, 1.807) is 0 Å². The SMILES string of the molecule is NC(CCC(=O)O)C(=O)C1C(=O)NCC(=O)N1C(=O)C(N)CCC(=O)O. The highest BCUT2D eigenvalue weighted by Crippen LogP contribution is 2.14. The van der Waals surface area contributed by atoms with Crippen LogP contribution in [0.2, 0.25) is 0 Å². The molecule has 1 fully saturated rings. The van der Waals surface area contributed by atoms with Gasteiger partial charge in [-0.15, -0.1) is 0 Å². The second-order valence-electron chi connectivity index (χ2n) is 5.70. The lowest BCUT2D eigenvalue weighted by molar-refractivity contribution is -0.160. The van der Waals surface area contributed by atoms with Crippen molar-refractivity contribution in [3.8, 4) is 0 Å². The molecule has 12 heteroatoms. The largest absolute Gasteiger partial charge is 0.481 e. The summed E-state index contributed by atoms with van der Waals surface area (Å²) in [6, 6.07) is -4.67. The zero-order chi connectivity index (χ0) is 20.0. The van der Waals surface area contributed by atoms with Crippen LogP contribution in [-0.2, 0) is 28.8 Å². The van der Waals surface area contributed by atoms with Gasteiger partial charge in [-0.2, -0.15) is 0 Å². The van der Waals surface area contributed by atoms with E-state index in [4.69, 9.17) is 21.7 Å². The monoisotopic (exact) mass is 372 g/mol. The number of imide groups is 1.